The summed E-state index contributed by atoms with van der Waals surface area (Å²) >= 11 is 8.89. The van der Waals surface area contributed by atoms with Crippen LogP contribution in [-0.4, -0.2) is 9.97 Å². The van der Waals surface area contributed by atoms with E-state index < -0.39 is 0 Å². The van der Waals surface area contributed by atoms with E-state index in [4.69, 9.17) is 11.6 Å². The SMILES string of the molecule is Fc1ccccc1Nc1nc(Cl)ncc1Br. The molecule has 0 saturated carbocycles. The molecule has 0 amide bonds. The second-order valence-corrected chi connectivity index (χ2v) is 4.13. The Hall–Kier alpha value is -1.20. The molecule has 0 aliphatic carbocycles. The molecule has 0 fully saturated rings. The van der Waals surface area contributed by atoms with E-state index in [1.54, 1.807) is 18.2 Å². The molecular formula is C10H6BrClFN3. The highest BCUT2D eigenvalue weighted by Gasteiger charge is 2.06. The third kappa shape index (κ3) is 2.48. The van der Waals surface area contributed by atoms with Crippen molar-refractivity contribution in [2.24, 2.45) is 0 Å². The van der Waals surface area contributed by atoms with Gasteiger partial charge >= 0.3 is 0 Å². The van der Waals surface area contributed by atoms with Gasteiger partial charge in [0.2, 0.25) is 5.28 Å². The van der Waals surface area contributed by atoms with Gasteiger partial charge in [-0.25, -0.2) is 9.37 Å². The van der Waals surface area contributed by atoms with E-state index in [0.717, 1.165) is 0 Å². The molecule has 0 radical (unpaired) electrons. The average molecular weight is 303 g/mol. The Kier molecular flexibility index (Phi) is 3.36. The molecule has 1 aromatic carbocycles. The molecule has 6 heteroatoms. The summed E-state index contributed by atoms with van der Waals surface area (Å²) in [5.74, 6) is 0.0641. The van der Waals surface area contributed by atoms with Crippen molar-refractivity contribution >= 4 is 39.0 Å². The van der Waals surface area contributed by atoms with Gasteiger partial charge in [0.1, 0.15) is 11.6 Å². The smallest absolute Gasteiger partial charge is 0.224 e. The van der Waals surface area contributed by atoms with Crippen molar-refractivity contribution < 1.29 is 4.39 Å². The molecule has 3 nitrogen and oxygen atoms in total. The minimum atomic E-state index is -0.357. The third-order valence-corrected chi connectivity index (χ3v) is 2.60. The number of hydrogen-bond acceptors (Lipinski definition) is 3. The Morgan fingerprint density at radius 1 is 1.31 bits per heavy atom. The zero-order chi connectivity index (χ0) is 11.5. The van der Waals surface area contributed by atoms with Crippen LogP contribution in [0, 0.1) is 5.82 Å². The Bertz CT molecular complexity index is 521. The number of hydrogen-bond donors (Lipinski definition) is 1. The fourth-order valence-electron chi connectivity index (χ4n) is 1.12. The van der Waals surface area contributed by atoms with Gasteiger partial charge in [-0.1, -0.05) is 12.1 Å². The summed E-state index contributed by atoms with van der Waals surface area (Å²) in [6.45, 7) is 0. The molecule has 0 bridgehead atoms. The minimum Gasteiger partial charge on any atom is -0.337 e. The summed E-state index contributed by atoms with van der Waals surface area (Å²) in [5.41, 5.74) is 0.331. The molecule has 82 valence electrons. The predicted octanol–water partition coefficient (Wildman–Crippen LogP) is 3.78. The summed E-state index contributed by atoms with van der Waals surface area (Å²) in [6, 6.07) is 6.31. The first-order chi connectivity index (χ1) is 7.66. The monoisotopic (exact) mass is 301 g/mol. The van der Waals surface area contributed by atoms with Crippen molar-refractivity contribution in [1.29, 1.82) is 0 Å². The van der Waals surface area contributed by atoms with Gasteiger partial charge in [0.15, 0.2) is 0 Å². The number of nitrogens with one attached hydrogen (secondary N) is 1. The molecule has 1 aromatic heterocycles. The molecule has 2 rings (SSSR count). The van der Waals surface area contributed by atoms with Crippen LogP contribution in [0.1, 0.15) is 0 Å². The highest BCUT2D eigenvalue weighted by Crippen LogP contribution is 2.25. The maximum absolute atomic E-state index is 13.4. The Labute approximate surface area is 105 Å². The van der Waals surface area contributed by atoms with Crippen LogP contribution in [0.15, 0.2) is 34.9 Å². The number of aromatic nitrogens is 2. The lowest BCUT2D eigenvalue weighted by atomic mass is 10.3. The lowest BCUT2D eigenvalue weighted by Gasteiger charge is -2.07. The molecule has 0 aliphatic heterocycles. The largest absolute Gasteiger partial charge is 0.337 e. The molecular weight excluding hydrogens is 296 g/mol. The van der Waals surface area contributed by atoms with Crippen LogP contribution in [-0.2, 0) is 0 Å². The van der Waals surface area contributed by atoms with E-state index in [2.05, 4.69) is 31.2 Å². The van der Waals surface area contributed by atoms with Crippen molar-refractivity contribution in [2.45, 2.75) is 0 Å². The zero-order valence-corrected chi connectivity index (χ0v) is 10.3. The molecule has 0 unspecified atom stereocenters. The zero-order valence-electron chi connectivity index (χ0n) is 7.92. The van der Waals surface area contributed by atoms with Gasteiger partial charge in [0.05, 0.1) is 10.2 Å². The van der Waals surface area contributed by atoms with Crippen LogP contribution in [0.25, 0.3) is 0 Å². The lowest BCUT2D eigenvalue weighted by Crippen LogP contribution is -1.98. The number of rotatable bonds is 2. The Morgan fingerprint density at radius 2 is 2.06 bits per heavy atom. The lowest BCUT2D eigenvalue weighted by molar-refractivity contribution is 0.632. The van der Waals surface area contributed by atoms with Gasteiger partial charge in [0.25, 0.3) is 0 Å². The summed E-state index contributed by atoms with van der Waals surface area (Å²) in [6.07, 6.45) is 1.50. The number of anilines is 2. The fraction of sp³-hybridized carbons (Fsp3) is 0. The second-order valence-electron chi connectivity index (χ2n) is 2.94. The van der Waals surface area contributed by atoms with E-state index >= 15 is 0 Å². The molecule has 1 heterocycles. The average Bonchev–Trinajstić information content (AvgIpc) is 2.27. The van der Waals surface area contributed by atoms with Crippen molar-refractivity contribution in [3.63, 3.8) is 0 Å². The first kappa shape index (κ1) is 11.3. The maximum atomic E-state index is 13.4. The third-order valence-electron chi connectivity index (χ3n) is 1.84. The number of para-hydroxylation sites is 1. The van der Waals surface area contributed by atoms with Crippen LogP contribution in [0.3, 0.4) is 0 Å². The number of nitrogens with zero attached hydrogens (tertiary/aromatic N) is 2. The fourth-order valence-corrected chi connectivity index (χ4v) is 1.55. The van der Waals surface area contributed by atoms with Crippen LogP contribution in [0.4, 0.5) is 15.9 Å². The molecule has 16 heavy (non-hydrogen) atoms. The molecule has 0 atom stereocenters. The quantitative estimate of drug-likeness (QED) is 0.858. The van der Waals surface area contributed by atoms with Gasteiger partial charge in [-0.3, -0.25) is 0 Å². The molecule has 0 aliphatic rings. The number of halogens is 3. The van der Waals surface area contributed by atoms with Crippen LogP contribution in [0.2, 0.25) is 5.28 Å². The van der Waals surface area contributed by atoms with Gasteiger partial charge in [-0.05, 0) is 39.7 Å². The van der Waals surface area contributed by atoms with Crippen LogP contribution in [0.5, 0.6) is 0 Å². The Morgan fingerprint density at radius 3 is 2.81 bits per heavy atom. The first-order valence-corrected chi connectivity index (χ1v) is 5.53. The van der Waals surface area contributed by atoms with E-state index in [1.165, 1.54) is 12.3 Å². The topological polar surface area (TPSA) is 37.8 Å². The Balaban J connectivity index is 2.34. The molecule has 0 spiro atoms. The number of benzene rings is 1. The van der Waals surface area contributed by atoms with Crippen LogP contribution >= 0.6 is 27.5 Å². The summed E-state index contributed by atoms with van der Waals surface area (Å²) in [4.78, 5) is 7.72. The maximum Gasteiger partial charge on any atom is 0.224 e. The highest BCUT2D eigenvalue weighted by atomic mass is 79.9. The molecule has 2 aromatic rings. The minimum absolute atomic E-state index is 0.0991. The van der Waals surface area contributed by atoms with Crippen molar-refractivity contribution in [2.75, 3.05) is 5.32 Å². The molecule has 0 saturated heterocycles. The summed E-state index contributed by atoms with van der Waals surface area (Å²) < 4.78 is 14.0. The van der Waals surface area contributed by atoms with Gasteiger partial charge in [0, 0.05) is 6.20 Å². The van der Waals surface area contributed by atoms with Gasteiger partial charge in [-0.2, -0.15) is 4.98 Å². The van der Waals surface area contributed by atoms with Crippen molar-refractivity contribution in [3.8, 4) is 0 Å². The standard InChI is InChI=1S/C10H6BrClFN3/c11-6-5-14-10(12)16-9(6)15-8-4-2-1-3-7(8)13/h1-5H,(H,14,15,16). The molecule has 1 N–H and O–H groups in total. The van der Waals surface area contributed by atoms with Crippen molar-refractivity contribution in [3.05, 3.63) is 46.0 Å². The van der Waals surface area contributed by atoms with E-state index in [-0.39, 0.29) is 11.1 Å². The highest BCUT2D eigenvalue weighted by molar-refractivity contribution is 9.10. The van der Waals surface area contributed by atoms with Crippen LogP contribution < -0.4 is 5.32 Å². The predicted molar refractivity (Wildman–Crippen MR) is 64.4 cm³/mol. The van der Waals surface area contributed by atoms with E-state index in [1.807, 2.05) is 0 Å². The summed E-state index contributed by atoms with van der Waals surface area (Å²) in [7, 11) is 0. The normalized spacial score (nSPS) is 10.2. The van der Waals surface area contributed by atoms with E-state index in [0.29, 0.717) is 16.0 Å². The van der Waals surface area contributed by atoms with Gasteiger partial charge in [-0.15, -0.1) is 0 Å². The second kappa shape index (κ2) is 4.76. The summed E-state index contributed by atoms with van der Waals surface area (Å²) in [5, 5.41) is 2.92. The first-order valence-electron chi connectivity index (χ1n) is 4.36. The van der Waals surface area contributed by atoms with Crippen molar-refractivity contribution in [1.82, 2.24) is 9.97 Å². The van der Waals surface area contributed by atoms with E-state index in [9.17, 15) is 4.39 Å². The van der Waals surface area contributed by atoms with Gasteiger partial charge < -0.3 is 5.32 Å².